The van der Waals surface area contributed by atoms with Crippen LogP contribution in [0.3, 0.4) is 0 Å². The van der Waals surface area contributed by atoms with Crippen LogP contribution in [0.4, 0.5) is 0 Å². The highest BCUT2D eigenvalue weighted by atomic mass is 16.7. The molecular formula is C28H47NO8. The van der Waals surface area contributed by atoms with Gasteiger partial charge in [-0.1, -0.05) is 27.7 Å². The van der Waals surface area contributed by atoms with Crippen molar-refractivity contribution in [3.05, 3.63) is 12.2 Å². The largest absolute Gasteiger partial charge is 0.458 e. The van der Waals surface area contributed by atoms with Gasteiger partial charge in [-0.15, -0.1) is 0 Å². The van der Waals surface area contributed by atoms with E-state index in [0.29, 0.717) is 19.3 Å². The van der Waals surface area contributed by atoms with Crippen LogP contribution < -0.4 is 0 Å². The number of ketones is 2. The summed E-state index contributed by atoms with van der Waals surface area (Å²) in [5, 5.41) is 21.9. The summed E-state index contributed by atoms with van der Waals surface area (Å²) >= 11 is 0. The summed E-state index contributed by atoms with van der Waals surface area (Å²) < 4.78 is 17.9. The second kappa shape index (κ2) is 12.9. The molecule has 2 N–H and O–H groups in total. The average molecular weight is 526 g/mol. The standard InChI is InChI=1S/C28H47NO8/c1-10-22-28(7,34)12-11-21(30)15(2)13-16(3)25(18(5)23(31)19(6)26(33)36-22)37-27-24(32)20(29(8)9)14-17(4)35-27/h11-12,15-20,22,24-25,27,32,34H,10,13-14H2,1-9H3/b12-11+/t15-,16+,17-,18-,19-,20+,22-,24-,25+,27+,28+/m1/s1. The molecule has 0 aliphatic carbocycles. The van der Waals surface area contributed by atoms with Gasteiger partial charge in [0.05, 0.1) is 12.2 Å². The first-order valence-electron chi connectivity index (χ1n) is 13.5. The van der Waals surface area contributed by atoms with Gasteiger partial charge in [0.2, 0.25) is 0 Å². The number of aliphatic hydroxyl groups is 2. The first-order chi connectivity index (χ1) is 17.1. The van der Waals surface area contributed by atoms with E-state index in [0.717, 1.165) is 0 Å². The molecule has 0 radical (unpaired) electrons. The Morgan fingerprint density at radius 3 is 2.30 bits per heavy atom. The maximum absolute atomic E-state index is 13.5. The Balaban J connectivity index is 2.44. The average Bonchev–Trinajstić information content (AvgIpc) is 2.83. The number of Topliss-reactive ketones (excluding diaryl/α,β-unsaturated/α-hetero) is 1. The molecule has 2 heterocycles. The van der Waals surface area contributed by atoms with Crippen LogP contribution in [-0.2, 0) is 28.6 Å². The third kappa shape index (κ3) is 7.69. The highest BCUT2D eigenvalue weighted by Crippen LogP contribution is 2.32. The Labute approximate surface area is 221 Å². The van der Waals surface area contributed by atoms with Crippen LogP contribution in [0, 0.1) is 23.7 Å². The molecule has 1 fully saturated rings. The first kappa shape index (κ1) is 31.6. The molecule has 0 aromatic heterocycles. The molecule has 37 heavy (non-hydrogen) atoms. The van der Waals surface area contributed by atoms with E-state index in [4.69, 9.17) is 14.2 Å². The van der Waals surface area contributed by atoms with E-state index in [1.165, 1.54) is 26.0 Å². The zero-order valence-corrected chi connectivity index (χ0v) is 23.8. The lowest BCUT2D eigenvalue weighted by Gasteiger charge is -2.43. The van der Waals surface area contributed by atoms with E-state index in [1.807, 2.05) is 32.8 Å². The van der Waals surface area contributed by atoms with Crippen LogP contribution in [-0.4, -0.2) is 89.1 Å². The number of hydrogen-bond acceptors (Lipinski definition) is 9. The predicted molar refractivity (Wildman–Crippen MR) is 139 cm³/mol. The molecular weight excluding hydrogens is 478 g/mol. The first-order valence-corrected chi connectivity index (χ1v) is 13.5. The number of allylic oxidation sites excluding steroid dienone is 1. The summed E-state index contributed by atoms with van der Waals surface area (Å²) in [7, 11) is 3.77. The monoisotopic (exact) mass is 525 g/mol. The summed E-state index contributed by atoms with van der Waals surface area (Å²) in [5.41, 5.74) is -1.57. The normalized spacial score (nSPS) is 43.8. The van der Waals surface area contributed by atoms with E-state index in [9.17, 15) is 24.6 Å². The molecule has 1 saturated heterocycles. The van der Waals surface area contributed by atoms with Crippen molar-refractivity contribution < 1.29 is 38.8 Å². The fourth-order valence-electron chi connectivity index (χ4n) is 5.42. The second-order valence-electron chi connectivity index (χ2n) is 11.5. The van der Waals surface area contributed by atoms with Gasteiger partial charge in [0.15, 0.2) is 17.9 Å². The zero-order valence-electron chi connectivity index (χ0n) is 23.8. The minimum atomic E-state index is -1.57. The fourth-order valence-corrected chi connectivity index (χ4v) is 5.42. The summed E-state index contributed by atoms with van der Waals surface area (Å²) in [6.07, 6.45) is 0.318. The summed E-state index contributed by atoms with van der Waals surface area (Å²) in [6, 6.07) is -0.188. The molecule has 0 spiro atoms. The third-order valence-corrected chi connectivity index (χ3v) is 7.93. The van der Waals surface area contributed by atoms with Crippen molar-refractivity contribution in [2.75, 3.05) is 14.1 Å². The Hall–Kier alpha value is -1.65. The Morgan fingerprint density at radius 1 is 1.11 bits per heavy atom. The van der Waals surface area contributed by atoms with Gasteiger partial charge in [-0.2, -0.15) is 0 Å². The van der Waals surface area contributed by atoms with E-state index < -0.39 is 53.9 Å². The maximum Gasteiger partial charge on any atom is 0.316 e. The van der Waals surface area contributed by atoms with Gasteiger partial charge in [0, 0.05) is 17.9 Å². The minimum absolute atomic E-state index is 0.168. The van der Waals surface area contributed by atoms with Crippen LogP contribution in [0.15, 0.2) is 12.2 Å². The number of nitrogens with zero attached hydrogens (tertiary/aromatic N) is 1. The SMILES string of the molecule is CC[C@H]1OC(=O)[C@H](C)C(=O)[C@@H](C)[C@@H](O[C@@H]2O[C@H](C)C[C@H](N(C)C)[C@H]2O)[C@@H](C)C[C@@H](C)C(=O)/C=C/[C@]1(C)O. The number of esters is 1. The lowest BCUT2D eigenvalue weighted by Crippen LogP contribution is -2.56. The molecule has 11 atom stereocenters. The number of ether oxygens (including phenoxy) is 3. The van der Waals surface area contributed by atoms with Gasteiger partial charge < -0.3 is 29.3 Å². The van der Waals surface area contributed by atoms with Crippen molar-refractivity contribution in [2.24, 2.45) is 23.7 Å². The van der Waals surface area contributed by atoms with Crippen LogP contribution in [0.25, 0.3) is 0 Å². The fraction of sp³-hybridized carbons (Fsp3) is 0.821. The molecule has 212 valence electrons. The summed E-state index contributed by atoms with van der Waals surface area (Å²) in [5.74, 6) is -3.83. The van der Waals surface area contributed by atoms with E-state index in [-0.39, 0.29) is 29.6 Å². The van der Waals surface area contributed by atoms with Gasteiger partial charge in [-0.25, -0.2) is 0 Å². The predicted octanol–water partition coefficient (Wildman–Crippen LogP) is 2.51. The molecule has 0 bridgehead atoms. The molecule has 0 aromatic carbocycles. The zero-order chi connectivity index (χ0) is 28.2. The van der Waals surface area contributed by atoms with Gasteiger partial charge in [0.25, 0.3) is 0 Å². The van der Waals surface area contributed by atoms with E-state index >= 15 is 0 Å². The Bertz CT molecular complexity index is 840. The number of cyclic esters (lactones) is 1. The summed E-state index contributed by atoms with van der Waals surface area (Å²) in [6.45, 7) is 12.0. The van der Waals surface area contributed by atoms with Crippen LogP contribution in [0.1, 0.15) is 67.7 Å². The highest BCUT2D eigenvalue weighted by Gasteiger charge is 2.44. The Morgan fingerprint density at radius 2 is 1.73 bits per heavy atom. The number of rotatable bonds is 4. The lowest BCUT2D eigenvalue weighted by molar-refractivity contribution is -0.278. The minimum Gasteiger partial charge on any atom is -0.458 e. The number of hydrogen-bond donors (Lipinski definition) is 2. The lowest BCUT2D eigenvalue weighted by atomic mass is 9.80. The second-order valence-corrected chi connectivity index (χ2v) is 11.5. The van der Waals surface area contributed by atoms with Crippen molar-refractivity contribution in [1.29, 1.82) is 0 Å². The summed E-state index contributed by atoms with van der Waals surface area (Å²) in [4.78, 5) is 41.3. The van der Waals surface area contributed by atoms with Crippen molar-refractivity contribution in [2.45, 2.75) is 110 Å². The topological polar surface area (TPSA) is 123 Å². The van der Waals surface area contributed by atoms with Crippen molar-refractivity contribution >= 4 is 17.5 Å². The van der Waals surface area contributed by atoms with Crippen LogP contribution in [0.2, 0.25) is 0 Å². The molecule has 0 saturated carbocycles. The third-order valence-electron chi connectivity index (χ3n) is 7.93. The van der Waals surface area contributed by atoms with Gasteiger partial charge in [-0.05, 0) is 72.2 Å². The smallest absolute Gasteiger partial charge is 0.316 e. The van der Waals surface area contributed by atoms with Gasteiger partial charge >= 0.3 is 5.97 Å². The number of aliphatic hydroxyl groups excluding tert-OH is 1. The molecule has 0 unspecified atom stereocenters. The highest BCUT2D eigenvalue weighted by molar-refractivity contribution is 6.00. The quantitative estimate of drug-likeness (QED) is 0.421. The van der Waals surface area contributed by atoms with Crippen molar-refractivity contribution in [3.63, 3.8) is 0 Å². The van der Waals surface area contributed by atoms with Gasteiger partial charge in [-0.3, -0.25) is 14.4 Å². The molecule has 2 aliphatic rings. The maximum atomic E-state index is 13.5. The van der Waals surface area contributed by atoms with Crippen molar-refractivity contribution in [1.82, 2.24) is 4.90 Å². The van der Waals surface area contributed by atoms with Crippen LogP contribution >= 0.6 is 0 Å². The van der Waals surface area contributed by atoms with Crippen LogP contribution in [0.5, 0.6) is 0 Å². The Kier molecular flexibility index (Phi) is 11.0. The molecule has 0 amide bonds. The molecule has 0 aromatic rings. The number of likely N-dealkylation sites (N-methyl/N-ethyl adjacent to an activating group) is 1. The molecule has 2 rings (SSSR count). The number of carbonyl (C=O) groups is 3. The molecule has 2 aliphatic heterocycles. The van der Waals surface area contributed by atoms with Gasteiger partial charge in [0.1, 0.15) is 23.7 Å². The van der Waals surface area contributed by atoms with Crippen molar-refractivity contribution in [3.8, 4) is 0 Å². The van der Waals surface area contributed by atoms with E-state index in [2.05, 4.69) is 0 Å². The number of carbonyl (C=O) groups excluding carboxylic acids is 3. The molecule has 9 nitrogen and oxygen atoms in total. The van der Waals surface area contributed by atoms with E-state index in [1.54, 1.807) is 20.8 Å². The molecule has 9 heteroatoms.